The Balaban J connectivity index is 2.49. The Hall–Kier alpha value is -1.19. The number of aliphatic hydroxyl groups excluding tert-OH is 1. The van der Waals surface area contributed by atoms with Crippen LogP contribution >= 0.6 is 0 Å². The van der Waals surface area contributed by atoms with E-state index in [9.17, 15) is 41.4 Å². The molecule has 2 aliphatic heterocycles. The molecule has 152 valence electrons. The third-order valence-electron chi connectivity index (χ3n) is 3.69. The molecule has 0 saturated carbocycles. The van der Waals surface area contributed by atoms with Gasteiger partial charge in [-0.2, -0.15) is 26.3 Å². The van der Waals surface area contributed by atoms with Crippen LogP contribution in [-0.4, -0.2) is 75.9 Å². The fourth-order valence-electron chi connectivity index (χ4n) is 2.62. The van der Waals surface area contributed by atoms with Gasteiger partial charge in [0.25, 0.3) is 5.79 Å². The molecule has 0 bridgehead atoms. The maximum absolute atomic E-state index is 13.1. The largest absolute Gasteiger partial charge is 0.477 e. The first-order valence-electron chi connectivity index (χ1n) is 6.94. The standard InChI is InChI=1S/C12H14F6O8/c1-8(2)25-6(9(22,26-8)7(20)21)5-4(19)3-23-10(24-5,11(13,14)15)12(16,17)18/h4-6,19,22H,3H2,1-2H3,(H,20,21)/t4-,5+,6-,9-/m0/s1. The van der Waals surface area contributed by atoms with Crippen LogP contribution in [0.25, 0.3) is 0 Å². The van der Waals surface area contributed by atoms with Crippen LogP contribution in [0.5, 0.6) is 0 Å². The molecule has 2 saturated heterocycles. The number of hydrogen-bond acceptors (Lipinski definition) is 7. The summed E-state index contributed by atoms with van der Waals surface area (Å²) in [5.74, 6) is -12.6. The molecule has 14 heteroatoms. The van der Waals surface area contributed by atoms with E-state index in [1.165, 1.54) is 0 Å². The first-order chi connectivity index (χ1) is 11.5. The van der Waals surface area contributed by atoms with Crippen LogP contribution in [0.4, 0.5) is 26.3 Å². The fourth-order valence-corrected chi connectivity index (χ4v) is 2.62. The summed E-state index contributed by atoms with van der Waals surface area (Å²) in [6.07, 6.45) is -19.5. The van der Waals surface area contributed by atoms with Crippen molar-refractivity contribution in [3.63, 3.8) is 0 Å². The number of carboxylic acid groups (broad SMARTS) is 1. The molecule has 26 heavy (non-hydrogen) atoms. The lowest BCUT2D eigenvalue weighted by molar-refractivity contribution is -0.502. The van der Waals surface area contributed by atoms with E-state index >= 15 is 0 Å². The van der Waals surface area contributed by atoms with Crippen molar-refractivity contribution >= 4 is 5.97 Å². The number of halogens is 6. The van der Waals surface area contributed by atoms with Gasteiger partial charge in [0.15, 0.2) is 11.9 Å². The summed E-state index contributed by atoms with van der Waals surface area (Å²) in [5, 5.41) is 28.9. The molecule has 0 spiro atoms. The molecule has 0 radical (unpaired) electrons. The lowest BCUT2D eigenvalue weighted by Crippen LogP contribution is -2.70. The molecular weight excluding hydrogens is 386 g/mol. The number of carboxylic acids is 1. The third kappa shape index (κ3) is 3.14. The van der Waals surface area contributed by atoms with E-state index in [0.29, 0.717) is 0 Å². The summed E-state index contributed by atoms with van der Waals surface area (Å²) in [4.78, 5) is 11.3. The van der Waals surface area contributed by atoms with Gasteiger partial charge in [0.1, 0.15) is 12.2 Å². The number of carbonyl (C=O) groups is 1. The Morgan fingerprint density at radius 2 is 1.58 bits per heavy atom. The highest BCUT2D eigenvalue weighted by atomic mass is 19.4. The van der Waals surface area contributed by atoms with E-state index in [1.54, 1.807) is 0 Å². The molecule has 3 N–H and O–H groups in total. The number of aliphatic hydroxyl groups is 2. The highest BCUT2D eigenvalue weighted by Crippen LogP contribution is 2.51. The van der Waals surface area contributed by atoms with Gasteiger partial charge in [0, 0.05) is 0 Å². The van der Waals surface area contributed by atoms with E-state index in [-0.39, 0.29) is 0 Å². The zero-order valence-electron chi connectivity index (χ0n) is 13.1. The average Bonchev–Trinajstić information content (AvgIpc) is 2.67. The summed E-state index contributed by atoms with van der Waals surface area (Å²) in [5.41, 5.74) is 0. The van der Waals surface area contributed by atoms with Crippen molar-refractivity contribution in [2.45, 2.75) is 61.9 Å². The molecule has 8 nitrogen and oxygen atoms in total. The monoisotopic (exact) mass is 400 g/mol. The Labute approximate surface area is 141 Å². The zero-order valence-corrected chi connectivity index (χ0v) is 13.1. The topological polar surface area (TPSA) is 115 Å². The predicted octanol–water partition coefficient (Wildman–Crippen LogP) is 0.508. The van der Waals surface area contributed by atoms with Gasteiger partial charge in [-0.05, 0) is 13.8 Å². The SMILES string of the molecule is CC1(C)O[C@@H]([C@@H]2OC(C(F)(F)F)(C(F)(F)F)OC[C@@H]2O)[C@@](O)(C(=O)O)O1. The van der Waals surface area contributed by atoms with Crippen LogP contribution in [0, 0.1) is 0 Å². The van der Waals surface area contributed by atoms with Gasteiger partial charge in [-0.25, -0.2) is 4.79 Å². The average molecular weight is 400 g/mol. The van der Waals surface area contributed by atoms with Gasteiger partial charge in [-0.3, -0.25) is 0 Å². The van der Waals surface area contributed by atoms with E-state index in [4.69, 9.17) is 14.6 Å². The van der Waals surface area contributed by atoms with Crippen LogP contribution in [0.15, 0.2) is 0 Å². The van der Waals surface area contributed by atoms with Gasteiger partial charge < -0.3 is 34.3 Å². The second-order valence-electron chi connectivity index (χ2n) is 6.11. The molecular formula is C12H14F6O8. The fraction of sp³-hybridized carbons (Fsp3) is 0.917. The predicted molar refractivity (Wildman–Crippen MR) is 64.3 cm³/mol. The maximum atomic E-state index is 13.1. The van der Waals surface area contributed by atoms with Crippen LogP contribution in [0.2, 0.25) is 0 Å². The van der Waals surface area contributed by atoms with Gasteiger partial charge in [-0.15, -0.1) is 0 Å². The number of rotatable bonds is 2. The van der Waals surface area contributed by atoms with Crippen molar-refractivity contribution < 1.29 is 65.4 Å². The summed E-state index contributed by atoms with van der Waals surface area (Å²) in [6, 6.07) is 0. The number of aliphatic carboxylic acids is 1. The van der Waals surface area contributed by atoms with E-state index < -0.39 is 60.6 Å². The molecule has 4 atom stereocenters. The Morgan fingerprint density at radius 3 is 2.00 bits per heavy atom. The molecule has 0 aromatic rings. The zero-order chi connectivity index (χ0) is 20.3. The molecule has 0 aliphatic carbocycles. The van der Waals surface area contributed by atoms with Crippen molar-refractivity contribution in [1.82, 2.24) is 0 Å². The van der Waals surface area contributed by atoms with Gasteiger partial charge in [-0.1, -0.05) is 0 Å². The van der Waals surface area contributed by atoms with Gasteiger partial charge in [0.2, 0.25) is 0 Å². The first-order valence-corrected chi connectivity index (χ1v) is 6.94. The molecule has 2 rings (SSSR count). The minimum Gasteiger partial charge on any atom is -0.477 e. The minimum absolute atomic E-state index is 1.05. The third-order valence-corrected chi connectivity index (χ3v) is 3.69. The molecule has 0 unspecified atom stereocenters. The van der Waals surface area contributed by atoms with Gasteiger partial charge >= 0.3 is 24.1 Å². The van der Waals surface area contributed by atoms with Crippen LogP contribution in [0.1, 0.15) is 13.8 Å². The minimum atomic E-state index is -6.14. The molecule has 2 heterocycles. The highest BCUT2D eigenvalue weighted by Gasteiger charge is 2.78. The Morgan fingerprint density at radius 1 is 1.08 bits per heavy atom. The van der Waals surface area contributed by atoms with Crippen molar-refractivity contribution in [1.29, 1.82) is 0 Å². The van der Waals surface area contributed by atoms with Crippen molar-refractivity contribution in [3.05, 3.63) is 0 Å². The molecule has 2 aliphatic rings. The maximum Gasteiger partial charge on any atom is 0.453 e. The van der Waals surface area contributed by atoms with Crippen LogP contribution in [0.3, 0.4) is 0 Å². The Bertz CT molecular complexity index is 561. The number of hydrogen-bond donors (Lipinski definition) is 3. The smallest absolute Gasteiger partial charge is 0.453 e. The van der Waals surface area contributed by atoms with E-state index in [1.807, 2.05) is 0 Å². The normalized spacial score (nSPS) is 37.5. The summed E-state index contributed by atoms with van der Waals surface area (Å²) < 4.78 is 95.8. The lowest BCUT2D eigenvalue weighted by atomic mass is 9.98. The lowest BCUT2D eigenvalue weighted by Gasteiger charge is -2.46. The second-order valence-corrected chi connectivity index (χ2v) is 6.11. The van der Waals surface area contributed by atoms with Crippen LogP contribution < -0.4 is 0 Å². The second kappa shape index (κ2) is 5.90. The Kier molecular flexibility index (Phi) is 4.79. The summed E-state index contributed by atoms with van der Waals surface area (Å²) in [7, 11) is 0. The van der Waals surface area contributed by atoms with E-state index in [0.717, 1.165) is 13.8 Å². The van der Waals surface area contributed by atoms with Crippen molar-refractivity contribution in [2.75, 3.05) is 6.61 Å². The molecule has 0 aromatic carbocycles. The molecule has 2 fully saturated rings. The summed E-state index contributed by atoms with van der Waals surface area (Å²) >= 11 is 0. The van der Waals surface area contributed by atoms with Crippen molar-refractivity contribution in [2.24, 2.45) is 0 Å². The van der Waals surface area contributed by atoms with Crippen LogP contribution in [-0.2, 0) is 23.7 Å². The molecule has 0 amide bonds. The quantitative estimate of drug-likeness (QED) is 0.575. The van der Waals surface area contributed by atoms with E-state index in [2.05, 4.69) is 9.47 Å². The van der Waals surface area contributed by atoms with Crippen molar-refractivity contribution in [3.8, 4) is 0 Å². The summed E-state index contributed by atoms with van der Waals surface area (Å²) in [6.45, 7) is 0.570. The molecule has 0 aromatic heterocycles. The number of ether oxygens (including phenoxy) is 4. The first kappa shape index (κ1) is 21.1. The highest BCUT2D eigenvalue weighted by molar-refractivity contribution is 5.76. The number of alkyl halides is 6. The van der Waals surface area contributed by atoms with Gasteiger partial charge in [0.05, 0.1) is 6.61 Å².